The molecule has 2 N–H and O–H groups in total. The van der Waals surface area contributed by atoms with Gasteiger partial charge in [-0.3, -0.25) is 0 Å². The van der Waals surface area contributed by atoms with Crippen molar-refractivity contribution in [2.24, 2.45) is 5.92 Å². The molecule has 0 bridgehead atoms. The van der Waals surface area contributed by atoms with Gasteiger partial charge in [0.15, 0.2) is 0 Å². The van der Waals surface area contributed by atoms with Gasteiger partial charge >= 0.3 is 12.0 Å². The Morgan fingerprint density at radius 3 is 2.44 bits per heavy atom. The third kappa shape index (κ3) is 6.27. The van der Waals surface area contributed by atoms with Gasteiger partial charge in [-0.2, -0.15) is 0 Å². The lowest BCUT2D eigenvalue weighted by Gasteiger charge is -2.24. The van der Waals surface area contributed by atoms with E-state index < -0.39 is 12.0 Å². The fraction of sp³-hybridized carbons (Fsp3) is 0.692. The zero-order valence-electron chi connectivity index (χ0n) is 11.5. The second kappa shape index (κ2) is 8.55. The Kier molecular flexibility index (Phi) is 7.83. The van der Waals surface area contributed by atoms with Crippen molar-refractivity contribution in [1.82, 2.24) is 10.2 Å². The number of carboxylic acids is 1. The molecule has 0 rings (SSSR count). The molecule has 0 aliphatic carbocycles. The predicted molar refractivity (Wildman–Crippen MR) is 71.5 cm³/mol. The largest absolute Gasteiger partial charge is 0.480 e. The van der Waals surface area contributed by atoms with Crippen LogP contribution in [-0.4, -0.2) is 41.1 Å². The lowest BCUT2D eigenvalue weighted by Crippen LogP contribution is -2.48. The average molecular weight is 256 g/mol. The molecule has 5 heteroatoms. The van der Waals surface area contributed by atoms with E-state index in [1.165, 1.54) is 0 Å². The fourth-order valence-corrected chi connectivity index (χ4v) is 1.63. The zero-order valence-corrected chi connectivity index (χ0v) is 11.5. The number of urea groups is 1. The molecule has 0 heterocycles. The number of nitrogens with zero attached hydrogens (tertiary/aromatic N) is 1. The number of hydrogen-bond donors (Lipinski definition) is 2. The Balaban J connectivity index is 4.54. The summed E-state index contributed by atoms with van der Waals surface area (Å²) < 4.78 is 0. The summed E-state index contributed by atoms with van der Waals surface area (Å²) >= 11 is 0. The van der Waals surface area contributed by atoms with Crippen LogP contribution in [0, 0.1) is 5.92 Å². The minimum atomic E-state index is -0.993. The third-order valence-electron chi connectivity index (χ3n) is 2.43. The van der Waals surface area contributed by atoms with Crippen molar-refractivity contribution in [1.29, 1.82) is 0 Å². The first-order valence-corrected chi connectivity index (χ1v) is 6.31. The minimum Gasteiger partial charge on any atom is -0.480 e. The molecule has 0 aliphatic rings. The molecule has 0 saturated heterocycles. The van der Waals surface area contributed by atoms with E-state index in [2.05, 4.69) is 11.9 Å². The SMILES string of the molecule is C=CCN(CCC)C(=O)N[C@@H](CC(C)C)C(=O)O. The maximum atomic E-state index is 11.9. The van der Waals surface area contributed by atoms with Crippen molar-refractivity contribution in [3.63, 3.8) is 0 Å². The Hall–Kier alpha value is -1.52. The van der Waals surface area contributed by atoms with Gasteiger partial charge in [-0.1, -0.05) is 26.8 Å². The highest BCUT2D eigenvalue weighted by atomic mass is 16.4. The van der Waals surface area contributed by atoms with Crippen molar-refractivity contribution in [3.05, 3.63) is 12.7 Å². The Morgan fingerprint density at radius 1 is 1.44 bits per heavy atom. The molecule has 5 nitrogen and oxygen atoms in total. The normalized spacial score (nSPS) is 12.0. The van der Waals surface area contributed by atoms with Crippen LogP contribution in [0.5, 0.6) is 0 Å². The summed E-state index contributed by atoms with van der Waals surface area (Å²) in [5, 5.41) is 11.6. The number of hydrogen-bond acceptors (Lipinski definition) is 2. The first-order valence-electron chi connectivity index (χ1n) is 6.31. The number of nitrogens with one attached hydrogen (secondary N) is 1. The number of carbonyl (C=O) groups excluding carboxylic acids is 1. The van der Waals surface area contributed by atoms with Crippen LogP contribution in [0.15, 0.2) is 12.7 Å². The lowest BCUT2D eigenvalue weighted by atomic mass is 10.0. The Morgan fingerprint density at radius 2 is 2.06 bits per heavy atom. The van der Waals surface area contributed by atoms with Gasteiger partial charge in [0.1, 0.15) is 6.04 Å². The third-order valence-corrected chi connectivity index (χ3v) is 2.43. The van der Waals surface area contributed by atoms with Crippen LogP contribution >= 0.6 is 0 Å². The Labute approximate surface area is 109 Å². The molecule has 0 fully saturated rings. The minimum absolute atomic E-state index is 0.213. The van der Waals surface area contributed by atoms with E-state index in [9.17, 15) is 9.59 Å². The van der Waals surface area contributed by atoms with Crippen molar-refractivity contribution >= 4 is 12.0 Å². The second-order valence-corrected chi connectivity index (χ2v) is 4.70. The summed E-state index contributed by atoms with van der Waals surface area (Å²) in [6.07, 6.45) is 2.88. The van der Waals surface area contributed by atoms with Crippen LogP contribution in [0.2, 0.25) is 0 Å². The van der Waals surface area contributed by atoms with Crippen LogP contribution in [-0.2, 0) is 4.79 Å². The molecule has 104 valence electrons. The van der Waals surface area contributed by atoms with Crippen LogP contribution in [0.4, 0.5) is 4.79 Å². The summed E-state index contributed by atoms with van der Waals surface area (Å²) in [7, 11) is 0. The summed E-state index contributed by atoms with van der Waals surface area (Å²) in [4.78, 5) is 24.5. The Bertz CT molecular complexity index is 290. The van der Waals surface area contributed by atoms with Gasteiger partial charge in [0.25, 0.3) is 0 Å². The van der Waals surface area contributed by atoms with Crippen LogP contribution < -0.4 is 5.32 Å². The topological polar surface area (TPSA) is 69.6 Å². The monoisotopic (exact) mass is 256 g/mol. The van der Waals surface area contributed by atoms with Crippen LogP contribution in [0.25, 0.3) is 0 Å². The van der Waals surface area contributed by atoms with E-state index in [0.29, 0.717) is 19.5 Å². The molecule has 0 aromatic carbocycles. The van der Waals surface area contributed by atoms with Gasteiger partial charge in [0.05, 0.1) is 0 Å². The van der Waals surface area contributed by atoms with Gasteiger partial charge in [-0.25, -0.2) is 9.59 Å². The molecule has 2 amide bonds. The molecule has 0 unspecified atom stereocenters. The number of amides is 2. The quantitative estimate of drug-likeness (QED) is 0.653. The van der Waals surface area contributed by atoms with E-state index >= 15 is 0 Å². The zero-order chi connectivity index (χ0) is 14.1. The molecule has 0 aliphatic heterocycles. The molecular weight excluding hydrogens is 232 g/mol. The molecule has 0 aromatic rings. The van der Waals surface area contributed by atoms with E-state index in [1.54, 1.807) is 11.0 Å². The molecule has 0 spiro atoms. The van der Waals surface area contributed by atoms with Crippen LogP contribution in [0.1, 0.15) is 33.6 Å². The lowest BCUT2D eigenvalue weighted by molar-refractivity contribution is -0.139. The van der Waals surface area contributed by atoms with Gasteiger partial charge in [0.2, 0.25) is 0 Å². The fourth-order valence-electron chi connectivity index (χ4n) is 1.63. The number of rotatable bonds is 8. The molecular formula is C13H24N2O3. The van der Waals surface area contributed by atoms with Gasteiger partial charge < -0.3 is 15.3 Å². The van der Waals surface area contributed by atoms with Gasteiger partial charge in [-0.05, 0) is 18.8 Å². The summed E-state index contributed by atoms with van der Waals surface area (Å²) in [6.45, 7) is 10.4. The smallest absolute Gasteiger partial charge is 0.326 e. The van der Waals surface area contributed by atoms with Gasteiger partial charge in [-0.15, -0.1) is 6.58 Å². The summed E-state index contributed by atoms with van der Waals surface area (Å²) in [5.41, 5.74) is 0. The molecule has 0 saturated carbocycles. The van der Waals surface area contributed by atoms with E-state index in [-0.39, 0.29) is 11.9 Å². The maximum Gasteiger partial charge on any atom is 0.326 e. The standard InChI is InChI=1S/C13H24N2O3/c1-5-7-15(8-6-2)13(18)14-11(12(16)17)9-10(3)4/h5,10-11H,1,6-9H2,2-4H3,(H,14,18)(H,16,17)/t11-/m0/s1. The number of carbonyl (C=O) groups is 2. The van der Waals surface area contributed by atoms with Crippen molar-refractivity contribution < 1.29 is 14.7 Å². The average Bonchev–Trinajstić information content (AvgIpc) is 2.27. The van der Waals surface area contributed by atoms with Crippen molar-refractivity contribution in [3.8, 4) is 0 Å². The molecule has 1 atom stereocenters. The highest BCUT2D eigenvalue weighted by Crippen LogP contribution is 2.06. The van der Waals surface area contributed by atoms with Crippen LogP contribution in [0.3, 0.4) is 0 Å². The summed E-state index contributed by atoms with van der Waals surface area (Å²) in [6, 6.07) is -1.17. The number of aliphatic carboxylic acids is 1. The first kappa shape index (κ1) is 16.5. The second-order valence-electron chi connectivity index (χ2n) is 4.70. The van der Waals surface area contributed by atoms with Crippen molar-refractivity contribution in [2.75, 3.05) is 13.1 Å². The van der Waals surface area contributed by atoms with Gasteiger partial charge in [0, 0.05) is 13.1 Å². The highest BCUT2D eigenvalue weighted by molar-refractivity contribution is 5.82. The number of carboxylic acid groups (broad SMARTS) is 1. The van der Waals surface area contributed by atoms with E-state index in [1.807, 2.05) is 20.8 Å². The maximum absolute atomic E-state index is 11.9. The molecule has 18 heavy (non-hydrogen) atoms. The molecule has 0 aromatic heterocycles. The predicted octanol–water partition coefficient (Wildman–Crippen LogP) is 2.09. The summed E-state index contributed by atoms with van der Waals surface area (Å²) in [5.74, 6) is -0.780. The van der Waals surface area contributed by atoms with E-state index in [4.69, 9.17) is 5.11 Å². The first-order chi connectivity index (χ1) is 8.42. The van der Waals surface area contributed by atoms with E-state index in [0.717, 1.165) is 6.42 Å². The molecule has 0 radical (unpaired) electrons. The highest BCUT2D eigenvalue weighted by Gasteiger charge is 2.23. The van der Waals surface area contributed by atoms with Crippen molar-refractivity contribution in [2.45, 2.75) is 39.7 Å².